The average Bonchev–Trinajstić information content (AvgIpc) is 2.92. The zero-order valence-corrected chi connectivity index (χ0v) is 15.6. The lowest BCUT2D eigenvalue weighted by Crippen LogP contribution is -2.27. The minimum absolute atomic E-state index is 0.809. The molecule has 2 heterocycles. The second-order valence-electron chi connectivity index (χ2n) is 6.92. The molecule has 3 nitrogen and oxygen atoms in total. The van der Waals surface area contributed by atoms with E-state index in [9.17, 15) is 0 Å². The van der Waals surface area contributed by atoms with Gasteiger partial charge in [-0.2, -0.15) is 0 Å². The van der Waals surface area contributed by atoms with Crippen LogP contribution in [0, 0.1) is 5.92 Å². The van der Waals surface area contributed by atoms with Crippen LogP contribution in [0.3, 0.4) is 0 Å². The standard InChI is InChI=1S/C19H29N3S/c1-4-6-10-22(11-7-5-2)18-17-15-9-8-14(3)12-16(15)23-19(17)21-13-20-18/h13-14H,4-12H2,1-3H3. The molecule has 0 bridgehead atoms. The molecule has 2 aromatic heterocycles. The maximum Gasteiger partial charge on any atom is 0.141 e. The lowest BCUT2D eigenvalue weighted by atomic mass is 9.89. The summed E-state index contributed by atoms with van der Waals surface area (Å²) in [6.07, 6.45) is 10.4. The van der Waals surface area contributed by atoms with Gasteiger partial charge in [0.15, 0.2) is 0 Å². The van der Waals surface area contributed by atoms with Gasteiger partial charge in [-0.1, -0.05) is 33.6 Å². The second-order valence-corrected chi connectivity index (χ2v) is 8.01. The highest BCUT2D eigenvalue weighted by molar-refractivity contribution is 7.19. The molecule has 0 saturated heterocycles. The number of aryl methyl sites for hydroxylation is 1. The van der Waals surface area contributed by atoms with E-state index in [0.29, 0.717) is 0 Å². The van der Waals surface area contributed by atoms with E-state index in [-0.39, 0.29) is 0 Å². The van der Waals surface area contributed by atoms with Gasteiger partial charge in [0.25, 0.3) is 0 Å². The highest BCUT2D eigenvalue weighted by atomic mass is 32.1. The van der Waals surface area contributed by atoms with E-state index in [2.05, 4.69) is 30.7 Å². The summed E-state index contributed by atoms with van der Waals surface area (Å²) in [5.74, 6) is 2.01. The van der Waals surface area contributed by atoms with Gasteiger partial charge in [0, 0.05) is 18.0 Å². The fraction of sp³-hybridized carbons (Fsp3) is 0.684. The average molecular weight is 332 g/mol. The summed E-state index contributed by atoms with van der Waals surface area (Å²) in [6.45, 7) is 9.13. The summed E-state index contributed by atoms with van der Waals surface area (Å²) in [5.41, 5.74) is 1.55. The van der Waals surface area contributed by atoms with Crippen LogP contribution in [0.25, 0.3) is 10.2 Å². The van der Waals surface area contributed by atoms with Crippen molar-refractivity contribution in [2.24, 2.45) is 5.92 Å². The molecule has 1 aliphatic carbocycles. The molecule has 126 valence electrons. The van der Waals surface area contributed by atoms with Crippen molar-refractivity contribution < 1.29 is 0 Å². The van der Waals surface area contributed by atoms with Crippen LogP contribution in [0.1, 0.15) is 63.3 Å². The van der Waals surface area contributed by atoms with Gasteiger partial charge in [-0.05, 0) is 43.6 Å². The molecule has 1 unspecified atom stereocenters. The Morgan fingerprint density at radius 2 is 1.91 bits per heavy atom. The van der Waals surface area contributed by atoms with Crippen LogP contribution in [0.4, 0.5) is 5.82 Å². The molecular weight excluding hydrogens is 302 g/mol. The molecule has 0 fully saturated rings. The number of anilines is 1. The number of unbranched alkanes of at least 4 members (excludes halogenated alkanes) is 2. The first-order chi connectivity index (χ1) is 11.2. The second kappa shape index (κ2) is 7.61. The zero-order valence-electron chi connectivity index (χ0n) is 14.8. The smallest absolute Gasteiger partial charge is 0.141 e. The van der Waals surface area contributed by atoms with Crippen LogP contribution in [-0.4, -0.2) is 23.1 Å². The van der Waals surface area contributed by atoms with Crippen molar-refractivity contribution in [1.29, 1.82) is 0 Å². The largest absolute Gasteiger partial charge is 0.356 e. The summed E-state index contributed by atoms with van der Waals surface area (Å²) in [6, 6.07) is 0. The normalized spacial score (nSPS) is 17.4. The molecule has 0 N–H and O–H groups in total. The van der Waals surface area contributed by atoms with Gasteiger partial charge in [0.05, 0.1) is 5.39 Å². The lowest BCUT2D eigenvalue weighted by Gasteiger charge is -2.25. The fourth-order valence-electron chi connectivity index (χ4n) is 3.52. The number of aromatic nitrogens is 2. The van der Waals surface area contributed by atoms with Crippen molar-refractivity contribution in [3.05, 3.63) is 16.8 Å². The van der Waals surface area contributed by atoms with E-state index in [1.807, 2.05) is 11.3 Å². The highest BCUT2D eigenvalue weighted by Gasteiger charge is 2.24. The summed E-state index contributed by atoms with van der Waals surface area (Å²) in [5, 5.41) is 1.37. The zero-order chi connectivity index (χ0) is 16.2. The Hall–Kier alpha value is -1.16. The molecule has 0 saturated carbocycles. The van der Waals surface area contributed by atoms with Crippen molar-refractivity contribution >= 4 is 27.4 Å². The molecule has 0 aliphatic heterocycles. The van der Waals surface area contributed by atoms with Crippen LogP contribution >= 0.6 is 11.3 Å². The lowest BCUT2D eigenvalue weighted by molar-refractivity contribution is 0.509. The Balaban J connectivity index is 2.01. The van der Waals surface area contributed by atoms with E-state index >= 15 is 0 Å². The quantitative estimate of drug-likeness (QED) is 0.696. The van der Waals surface area contributed by atoms with Crippen LogP contribution in [-0.2, 0) is 12.8 Å². The molecular formula is C19H29N3S. The van der Waals surface area contributed by atoms with E-state index in [4.69, 9.17) is 4.98 Å². The first-order valence-corrected chi connectivity index (χ1v) is 10.1. The molecule has 1 atom stereocenters. The monoisotopic (exact) mass is 331 g/mol. The van der Waals surface area contributed by atoms with Gasteiger partial charge < -0.3 is 4.90 Å². The van der Waals surface area contributed by atoms with Gasteiger partial charge in [-0.3, -0.25) is 0 Å². The number of fused-ring (bicyclic) bond motifs is 3. The molecule has 2 aromatic rings. The first-order valence-electron chi connectivity index (χ1n) is 9.24. The predicted octanol–water partition coefficient (Wildman–Crippen LogP) is 5.22. The van der Waals surface area contributed by atoms with Crippen molar-refractivity contribution in [3.8, 4) is 0 Å². The number of nitrogens with zero attached hydrogens (tertiary/aromatic N) is 3. The van der Waals surface area contributed by atoms with Crippen LogP contribution in [0.2, 0.25) is 0 Å². The van der Waals surface area contributed by atoms with Crippen LogP contribution in [0.5, 0.6) is 0 Å². The molecule has 23 heavy (non-hydrogen) atoms. The Kier molecular flexibility index (Phi) is 5.52. The van der Waals surface area contributed by atoms with E-state index in [1.54, 1.807) is 16.8 Å². The highest BCUT2D eigenvalue weighted by Crippen LogP contribution is 2.40. The summed E-state index contributed by atoms with van der Waals surface area (Å²) >= 11 is 1.90. The van der Waals surface area contributed by atoms with Crippen molar-refractivity contribution in [2.75, 3.05) is 18.0 Å². The van der Waals surface area contributed by atoms with Crippen molar-refractivity contribution in [3.63, 3.8) is 0 Å². The predicted molar refractivity (Wildman–Crippen MR) is 101 cm³/mol. The van der Waals surface area contributed by atoms with Crippen LogP contribution < -0.4 is 4.90 Å². The van der Waals surface area contributed by atoms with E-state index in [0.717, 1.165) is 19.0 Å². The SMILES string of the molecule is CCCCN(CCCC)c1ncnc2sc3c(c12)CCC(C)C3. The maximum atomic E-state index is 4.73. The molecule has 0 amide bonds. The Morgan fingerprint density at radius 3 is 2.61 bits per heavy atom. The van der Waals surface area contributed by atoms with E-state index in [1.165, 1.54) is 61.0 Å². The third-order valence-corrected chi connectivity index (χ3v) is 6.10. The van der Waals surface area contributed by atoms with Crippen LogP contribution in [0.15, 0.2) is 6.33 Å². The molecule has 1 aliphatic rings. The Morgan fingerprint density at radius 1 is 1.17 bits per heavy atom. The Bertz CT molecular complexity index is 641. The molecule has 4 heteroatoms. The topological polar surface area (TPSA) is 29.0 Å². The Labute approximate surface area is 144 Å². The number of hydrogen-bond donors (Lipinski definition) is 0. The van der Waals surface area contributed by atoms with E-state index < -0.39 is 0 Å². The third kappa shape index (κ3) is 3.52. The van der Waals surface area contributed by atoms with Gasteiger partial charge in [-0.15, -0.1) is 11.3 Å². The van der Waals surface area contributed by atoms with Crippen molar-refractivity contribution in [2.45, 2.75) is 65.7 Å². The molecule has 3 rings (SSSR count). The van der Waals surface area contributed by atoms with Gasteiger partial charge in [0.1, 0.15) is 17.0 Å². The number of thiophene rings is 1. The van der Waals surface area contributed by atoms with Gasteiger partial charge in [0.2, 0.25) is 0 Å². The fourth-order valence-corrected chi connectivity index (χ4v) is 4.86. The first kappa shape index (κ1) is 16.7. The molecule has 0 spiro atoms. The number of rotatable bonds is 7. The van der Waals surface area contributed by atoms with Crippen molar-refractivity contribution in [1.82, 2.24) is 9.97 Å². The number of hydrogen-bond acceptors (Lipinski definition) is 4. The minimum atomic E-state index is 0.809. The van der Waals surface area contributed by atoms with Gasteiger partial charge in [-0.25, -0.2) is 9.97 Å². The summed E-state index contributed by atoms with van der Waals surface area (Å²) in [4.78, 5) is 14.6. The molecule has 0 aromatic carbocycles. The third-order valence-electron chi connectivity index (χ3n) is 4.93. The maximum absolute atomic E-state index is 4.73. The summed E-state index contributed by atoms with van der Waals surface area (Å²) < 4.78 is 0. The molecule has 0 radical (unpaired) electrons. The van der Waals surface area contributed by atoms with Gasteiger partial charge >= 0.3 is 0 Å². The minimum Gasteiger partial charge on any atom is -0.356 e. The summed E-state index contributed by atoms with van der Waals surface area (Å²) in [7, 11) is 0.